The molecule has 2 aromatic rings. The van der Waals surface area contributed by atoms with Crippen molar-refractivity contribution in [2.45, 2.75) is 29.6 Å². The Labute approximate surface area is 167 Å². The maximum atomic E-state index is 8.52. The van der Waals surface area contributed by atoms with Gasteiger partial charge in [-0.15, -0.1) is 0 Å². The van der Waals surface area contributed by atoms with E-state index < -0.39 is 5.66 Å². The lowest BCUT2D eigenvalue weighted by Crippen LogP contribution is -2.52. The van der Waals surface area contributed by atoms with Crippen molar-refractivity contribution >= 4 is 47.5 Å². The minimum absolute atomic E-state index is 0.180. The molecule has 0 aromatic heterocycles. The summed E-state index contributed by atoms with van der Waals surface area (Å²) in [6, 6.07) is 17.7. The molecule has 0 bridgehead atoms. The third kappa shape index (κ3) is 2.86. The molecular weight excluding hydrogens is 370 g/mol. The standard InChI is InChI=1S/C20H19N7S/c1-13(25-18(21)17-20(11-23-20)24-12-22-17)19-26-15-9-5-6-10-16(15)28-27(19)14-7-3-2-4-8-14/h2-13,17H,1H3,(H2,21,25)(H,22,24). The van der Waals surface area contributed by atoms with Gasteiger partial charge in [-0.1, -0.05) is 30.3 Å². The van der Waals surface area contributed by atoms with Crippen LogP contribution in [0.4, 0.5) is 11.4 Å². The molecule has 2 aromatic carbocycles. The minimum Gasteiger partial charge on any atom is -0.362 e. The smallest absolute Gasteiger partial charge is 0.195 e. The summed E-state index contributed by atoms with van der Waals surface area (Å²) >= 11 is 1.64. The number of hydrogen-bond acceptors (Lipinski definition) is 7. The molecule has 0 amide bonds. The van der Waals surface area contributed by atoms with Crippen LogP contribution in [0.1, 0.15) is 6.92 Å². The van der Waals surface area contributed by atoms with Crippen LogP contribution in [-0.4, -0.2) is 42.0 Å². The largest absolute Gasteiger partial charge is 0.362 e. The summed E-state index contributed by atoms with van der Waals surface area (Å²) in [4.78, 5) is 14.6. The molecule has 3 N–H and O–H groups in total. The quantitative estimate of drug-likeness (QED) is 0.426. The Kier molecular flexibility index (Phi) is 3.94. The molecule has 0 fully saturated rings. The topological polar surface area (TPSA) is 88.2 Å². The molecule has 8 heteroatoms. The Morgan fingerprint density at radius 2 is 1.96 bits per heavy atom. The lowest BCUT2D eigenvalue weighted by molar-refractivity contribution is 0.604. The number of benzene rings is 2. The van der Waals surface area contributed by atoms with Crippen molar-refractivity contribution in [1.29, 1.82) is 5.41 Å². The summed E-state index contributed by atoms with van der Waals surface area (Å²) in [5.41, 5.74) is 1.46. The van der Waals surface area contributed by atoms with Crippen LogP contribution in [0.25, 0.3) is 0 Å². The van der Waals surface area contributed by atoms with Gasteiger partial charge in [0.1, 0.15) is 11.7 Å². The molecule has 0 radical (unpaired) electrons. The van der Waals surface area contributed by atoms with Gasteiger partial charge in [0.2, 0.25) is 0 Å². The molecule has 3 aliphatic heterocycles. The molecule has 3 heterocycles. The maximum absolute atomic E-state index is 8.52. The highest BCUT2D eigenvalue weighted by atomic mass is 32.2. The molecule has 0 aliphatic carbocycles. The first-order valence-corrected chi connectivity index (χ1v) is 9.85. The number of hydrogen-bond donors (Lipinski definition) is 3. The molecular formula is C20H19N7S. The van der Waals surface area contributed by atoms with Gasteiger partial charge in [-0.05, 0) is 43.1 Å². The van der Waals surface area contributed by atoms with E-state index in [9.17, 15) is 0 Å². The van der Waals surface area contributed by atoms with Crippen LogP contribution in [-0.2, 0) is 0 Å². The average Bonchev–Trinajstić information content (AvgIpc) is 3.37. The Balaban J connectivity index is 1.44. The van der Waals surface area contributed by atoms with Gasteiger partial charge in [-0.25, -0.2) is 4.99 Å². The fourth-order valence-electron chi connectivity index (χ4n) is 3.33. The van der Waals surface area contributed by atoms with Gasteiger partial charge in [-0.2, -0.15) is 0 Å². The Bertz CT molecular complexity index is 1010. The van der Waals surface area contributed by atoms with Crippen molar-refractivity contribution in [3.05, 3.63) is 54.6 Å². The zero-order valence-corrected chi connectivity index (χ0v) is 16.0. The number of para-hydroxylation sites is 2. The predicted octanol–water partition coefficient (Wildman–Crippen LogP) is 2.98. The molecule has 3 aliphatic rings. The molecule has 28 heavy (non-hydrogen) atoms. The first kappa shape index (κ1) is 17.0. The van der Waals surface area contributed by atoms with E-state index in [2.05, 4.69) is 43.1 Å². The van der Waals surface area contributed by atoms with Gasteiger partial charge >= 0.3 is 0 Å². The van der Waals surface area contributed by atoms with Gasteiger partial charge in [0, 0.05) is 0 Å². The van der Waals surface area contributed by atoms with Crippen molar-refractivity contribution in [3.63, 3.8) is 0 Å². The minimum atomic E-state index is -0.529. The number of nitrogens with one attached hydrogen (secondary N) is 3. The molecule has 3 atom stereocenters. The van der Waals surface area contributed by atoms with Gasteiger partial charge < -0.3 is 10.6 Å². The van der Waals surface area contributed by atoms with Crippen LogP contribution in [0.15, 0.2) is 74.5 Å². The third-order valence-corrected chi connectivity index (χ3v) is 5.99. The zero-order chi connectivity index (χ0) is 19.1. The third-order valence-electron chi connectivity index (χ3n) is 4.86. The number of amidine groups is 2. The molecule has 5 rings (SSSR count). The summed E-state index contributed by atoms with van der Waals surface area (Å²) in [6.07, 6.45) is 3.42. The van der Waals surface area contributed by atoms with Crippen LogP contribution in [0.5, 0.6) is 0 Å². The van der Waals surface area contributed by atoms with E-state index in [1.807, 2.05) is 43.3 Å². The summed E-state index contributed by atoms with van der Waals surface area (Å²) in [5.74, 6) is 1.17. The van der Waals surface area contributed by atoms with Crippen LogP contribution in [0.2, 0.25) is 0 Å². The second-order valence-corrected chi connectivity index (χ2v) is 7.83. The maximum Gasteiger partial charge on any atom is 0.195 e. The van der Waals surface area contributed by atoms with E-state index in [1.54, 1.807) is 24.5 Å². The molecule has 0 saturated heterocycles. The SMILES string of the molecule is CC(NC(=N)C1N=CNC12C=N2)C1=Nc2ccccc2SN1c1ccccc1. The highest BCUT2D eigenvalue weighted by Gasteiger charge is 2.50. The molecule has 0 saturated carbocycles. The Morgan fingerprint density at radius 3 is 2.75 bits per heavy atom. The van der Waals surface area contributed by atoms with Crippen LogP contribution in [0.3, 0.4) is 0 Å². The zero-order valence-electron chi connectivity index (χ0n) is 15.2. The van der Waals surface area contributed by atoms with Gasteiger partial charge in [0.25, 0.3) is 0 Å². The summed E-state index contributed by atoms with van der Waals surface area (Å²) in [7, 11) is 0. The lowest BCUT2D eigenvalue weighted by Gasteiger charge is -2.33. The second-order valence-electron chi connectivity index (χ2n) is 6.85. The summed E-state index contributed by atoms with van der Waals surface area (Å²) in [6.45, 7) is 2.02. The number of rotatable bonds is 4. The van der Waals surface area contributed by atoms with Gasteiger partial charge in [0.05, 0.1) is 34.9 Å². The van der Waals surface area contributed by atoms with Gasteiger partial charge in [-0.3, -0.25) is 19.7 Å². The normalized spacial score (nSPS) is 25.1. The van der Waals surface area contributed by atoms with Crippen molar-refractivity contribution in [1.82, 2.24) is 10.6 Å². The number of anilines is 1. The van der Waals surface area contributed by atoms with Crippen molar-refractivity contribution in [2.75, 3.05) is 4.31 Å². The Hall–Kier alpha value is -3.13. The fourth-order valence-corrected chi connectivity index (χ4v) is 4.39. The highest BCUT2D eigenvalue weighted by Crippen LogP contribution is 2.40. The fraction of sp³-hybridized carbons (Fsp3) is 0.200. The van der Waals surface area contributed by atoms with Crippen LogP contribution in [0, 0.1) is 5.41 Å². The highest BCUT2D eigenvalue weighted by molar-refractivity contribution is 8.01. The summed E-state index contributed by atoms with van der Waals surface area (Å²) in [5, 5.41) is 14.9. The van der Waals surface area contributed by atoms with Gasteiger partial charge in [0.15, 0.2) is 11.7 Å². The van der Waals surface area contributed by atoms with E-state index in [-0.39, 0.29) is 12.1 Å². The number of nitrogens with zero attached hydrogens (tertiary/aromatic N) is 4. The van der Waals surface area contributed by atoms with E-state index >= 15 is 0 Å². The lowest BCUT2D eigenvalue weighted by atomic mass is 10.1. The monoisotopic (exact) mass is 389 g/mol. The number of fused-ring (bicyclic) bond motifs is 1. The van der Waals surface area contributed by atoms with E-state index in [1.165, 1.54) is 0 Å². The molecule has 140 valence electrons. The van der Waals surface area contributed by atoms with Crippen molar-refractivity contribution in [2.24, 2.45) is 15.0 Å². The Morgan fingerprint density at radius 1 is 1.21 bits per heavy atom. The second kappa shape index (κ2) is 6.49. The van der Waals surface area contributed by atoms with E-state index in [0.717, 1.165) is 22.1 Å². The average molecular weight is 389 g/mol. The predicted molar refractivity (Wildman–Crippen MR) is 115 cm³/mol. The molecule has 3 unspecified atom stereocenters. The van der Waals surface area contributed by atoms with Crippen LogP contribution < -0.4 is 14.9 Å². The molecule has 1 spiro atoms. The van der Waals surface area contributed by atoms with Crippen molar-refractivity contribution < 1.29 is 0 Å². The number of aliphatic imine (C=N–C) groups is 3. The van der Waals surface area contributed by atoms with Crippen LogP contribution >= 0.6 is 11.9 Å². The molecule has 7 nitrogen and oxygen atoms in total. The van der Waals surface area contributed by atoms with E-state index in [4.69, 9.17) is 10.4 Å². The van der Waals surface area contributed by atoms with E-state index in [0.29, 0.717) is 5.84 Å². The first-order chi connectivity index (χ1) is 13.7. The van der Waals surface area contributed by atoms with Crippen molar-refractivity contribution in [3.8, 4) is 0 Å². The first-order valence-electron chi connectivity index (χ1n) is 9.08. The summed E-state index contributed by atoms with van der Waals surface area (Å²) < 4.78 is 2.12.